The van der Waals surface area contributed by atoms with Crippen LogP contribution in [0, 0.1) is 11.8 Å². The van der Waals surface area contributed by atoms with Crippen molar-refractivity contribution in [2.24, 2.45) is 0 Å². The number of aromatic nitrogens is 2. The lowest BCUT2D eigenvalue weighted by atomic mass is 10.4. The number of rotatable bonds is 0. The van der Waals surface area contributed by atoms with E-state index in [2.05, 4.69) is 5.10 Å². The fraction of sp³-hybridized carbons (Fsp3) is 0.200. The number of nitrogens with zero attached hydrogens (tertiary/aromatic N) is 1. The van der Waals surface area contributed by atoms with Crippen LogP contribution in [-0.4, -0.2) is 5.10 Å². The highest BCUT2D eigenvalue weighted by Gasteiger charge is 1.95. The van der Waals surface area contributed by atoms with Gasteiger partial charge in [-0.3, -0.25) is 0 Å². The lowest BCUT2D eigenvalue weighted by Gasteiger charge is -1.88. The SMILES string of the molecule is Cc1[nH][n+](=O)ccc1N. The van der Waals surface area contributed by atoms with E-state index in [1.165, 1.54) is 6.20 Å². The molecule has 3 N–H and O–H groups in total. The molecule has 0 aromatic carbocycles. The molecule has 0 unspecified atom stereocenters. The number of nitrogen functional groups attached to an aromatic ring is 1. The number of aromatic amines is 1. The predicted molar refractivity (Wildman–Crippen MR) is 33.3 cm³/mol. The van der Waals surface area contributed by atoms with Crippen LogP contribution in [0.2, 0.25) is 0 Å². The van der Waals surface area contributed by atoms with Crippen molar-refractivity contribution in [1.29, 1.82) is 0 Å². The first-order valence-electron chi connectivity index (χ1n) is 2.58. The summed E-state index contributed by atoms with van der Waals surface area (Å²) in [7, 11) is 0. The number of H-pyrrole nitrogens is 1. The maximum absolute atomic E-state index is 10.4. The molecule has 0 amide bonds. The van der Waals surface area contributed by atoms with E-state index in [9.17, 15) is 4.91 Å². The molecule has 0 spiro atoms. The summed E-state index contributed by atoms with van der Waals surface area (Å²) < 4.78 is 0.603. The molecule has 1 heterocycles. The second kappa shape index (κ2) is 1.89. The third-order valence-corrected chi connectivity index (χ3v) is 1.10. The summed E-state index contributed by atoms with van der Waals surface area (Å²) in [6, 6.07) is 1.55. The van der Waals surface area contributed by atoms with Gasteiger partial charge in [-0.15, -0.1) is 5.10 Å². The quantitative estimate of drug-likeness (QED) is 0.473. The number of nitrogens with one attached hydrogen (secondary N) is 1. The van der Waals surface area contributed by atoms with Gasteiger partial charge in [0.05, 0.1) is 16.3 Å². The largest absolute Gasteiger partial charge is 0.397 e. The lowest BCUT2D eigenvalue weighted by Crippen LogP contribution is -2.19. The van der Waals surface area contributed by atoms with Crippen LogP contribution in [0.25, 0.3) is 0 Å². The maximum atomic E-state index is 10.4. The molecular formula is C5H8N3O+. The molecule has 0 atom stereocenters. The Hall–Kier alpha value is -1.32. The number of aryl methyl sites for hydroxylation is 1. The Labute approximate surface area is 51.9 Å². The van der Waals surface area contributed by atoms with Gasteiger partial charge in [0.25, 0.3) is 6.20 Å². The zero-order chi connectivity index (χ0) is 6.85. The fourth-order valence-corrected chi connectivity index (χ4v) is 0.540. The predicted octanol–water partition coefficient (Wildman–Crippen LogP) is -0.180. The van der Waals surface area contributed by atoms with Crippen molar-refractivity contribution in [3.8, 4) is 0 Å². The van der Waals surface area contributed by atoms with E-state index in [1.54, 1.807) is 13.0 Å². The van der Waals surface area contributed by atoms with Gasteiger partial charge in [0.1, 0.15) is 0 Å². The normalized spacial score (nSPS) is 9.44. The van der Waals surface area contributed by atoms with E-state index in [1.807, 2.05) is 0 Å². The molecule has 0 aliphatic heterocycles. The van der Waals surface area contributed by atoms with Gasteiger partial charge in [0, 0.05) is 6.07 Å². The summed E-state index contributed by atoms with van der Waals surface area (Å²) in [6.45, 7) is 1.74. The first-order valence-corrected chi connectivity index (χ1v) is 2.58. The number of hydrogen-bond acceptors (Lipinski definition) is 2. The van der Waals surface area contributed by atoms with Gasteiger partial charge in [0.15, 0.2) is 4.54 Å². The highest BCUT2D eigenvalue weighted by molar-refractivity contribution is 5.38. The van der Waals surface area contributed by atoms with Crippen molar-refractivity contribution in [2.75, 3.05) is 5.73 Å². The third kappa shape index (κ3) is 1.07. The molecule has 0 saturated heterocycles. The molecular weight excluding hydrogens is 118 g/mol. The second-order valence-corrected chi connectivity index (χ2v) is 1.83. The highest BCUT2D eigenvalue weighted by atomic mass is 16.3. The molecule has 0 saturated carbocycles. The molecule has 0 radical (unpaired) electrons. The average Bonchev–Trinajstić information content (AvgIpc) is 1.80. The average molecular weight is 126 g/mol. The first-order chi connectivity index (χ1) is 4.20. The van der Waals surface area contributed by atoms with Gasteiger partial charge in [-0.1, -0.05) is 0 Å². The van der Waals surface area contributed by atoms with Gasteiger partial charge < -0.3 is 5.73 Å². The van der Waals surface area contributed by atoms with Crippen LogP contribution >= 0.6 is 0 Å². The lowest BCUT2D eigenvalue weighted by molar-refractivity contribution is -0.565. The summed E-state index contributed by atoms with van der Waals surface area (Å²) in [5.41, 5.74) is 6.69. The fourth-order valence-electron chi connectivity index (χ4n) is 0.540. The van der Waals surface area contributed by atoms with Crippen molar-refractivity contribution < 1.29 is 4.54 Å². The monoisotopic (exact) mass is 126 g/mol. The Kier molecular flexibility index (Phi) is 1.22. The van der Waals surface area contributed by atoms with Crippen LogP contribution in [-0.2, 0) is 0 Å². The number of nitrogens with two attached hydrogens (primary N) is 1. The highest BCUT2D eigenvalue weighted by Crippen LogP contribution is 1.99. The van der Waals surface area contributed by atoms with Gasteiger partial charge in [-0.05, 0) is 6.92 Å². The van der Waals surface area contributed by atoms with E-state index >= 15 is 0 Å². The van der Waals surface area contributed by atoms with Gasteiger partial charge in [-0.2, -0.15) is 0 Å². The number of hydrogen-bond donors (Lipinski definition) is 2. The van der Waals surface area contributed by atoms with Gasteiger partial charge in [0.2, 0.25) is 0 Å². The molecule has 4 heteroatoms. The number of anilines is 1. The zero-order valence-corrected chi connectivity index (χ0v) is 5.09. The Bertz CT molecular complexity index is 265. The van der Waals surface area contributed by atoms with E-state index in [4.69, 9.17) is 5.73 Å². The van der Waals surface area contributed by atoms with E-state index in [0.717, 1.165) is 0 Å². The van der Waals surface area contributed by atoms with Crippen molar-refractivity contribution in [1.82, 2.24) is 5.10 Å². The van der Waals surface area contributed by atoms with Crippen LogP contribution in [0.4, 0.5) is 5.69 Å². The zero-order valence-electron chi connectivity index (χ0n) is 5.09. The minimum absolute atomic E-state index is 0.599. The minimum atomic E-state index is 0.599. The third-order valence-electron chi connectivity index (χ3n) is 1.10. The molecule has 0 fully saturated rings. The Morgan fingerprint density at radius 2 is 2.44 bits per heavy atom. The summed E-state index contributed by atoms with van der Waals surface area (Å²) in [6.07, 6.45) is 1.32. The van der Waals surface area contributed by atoms with E-state index in [0.29, 0.717) is 15.9 Å². The molecule has 0 aliphatic carbocycles. The topological polar surface area (TPSA) is 64.8 Å². The summed E-state index contributed by atoms with van der Waals surface area (Å²) >= 11 is 0. The summed E-state index contributed by atoms with van der Waals surface area (Å²) in [5.74, 6) is 0. The molecule has 48 valence electrons. The van der Waals surface area contributed by atoms with Crippen LogP contribution in [0.5, 0.6) is 0 Å². The second-order valence-electron chi connectivity index (χ2n) is 1.83. The van der Waals surface area contributed by atoms with E-state index < -0.39 is 0 Å². The van der Waals surface area contributed by atoms with Gasteiger partial charge in [-0.25, -0.2) is 0 Å². The molecule has 4 nitrogen and oxygen atoms in total. The maximum Gasteiger partial charge on any atom is 0.259 e. The molecule has 9 heavy (non-hydrogen) atoms. The molecule has 0 bridgehead atoms. The smallest absolute Gasteiger partial charge is 0.259 e. The van der Waals surface area contributed by atoms with Crippen molar-refractivity contribution in [3.05, 3.63) is 22.9 Å². The molecule has 0 aliphatic rings. The molecule has 1 rings (SSSR count). The van der Waals surface area contributed by atoms with Crippen LogP contribution in [0.15, 0.2) is 12.3 Å². The standard InChI is InChI=1S/C5H8N3O/c1-4-5(6)2-3-8(9)7-4/h2-3H,6H2,1H3,(H,7,9)/q+1. The minimum Gasteiger partial charge on any atom is -0.397 e. The summed E-state index contributed by atoms with van der Waals surface area (Å²) in [5, 5.41) is 2.47. The Morgan fingerprint density at radius 1 is 1.78 bits per heavy atom. The molecule has 1 aromatic heterocycles. The van der Waals surface area contributed by atoms with Gasteiger partial charge >= 0.3 is 0 Å². The van der Waals surface area contributed by atoms with Crippen LogP contribution in [0.1, 0.15) is 5.69 Å². The first kappa shape index (κ1) is 5.81. The van der Waals surface area contributed by atoms with E-state index in [-0.39, 0.29) is 0 Å². The Morgan fingerprint density at radius 3 is 2.89 bits per heavy atom. The summed E-state index contributed by atoms with van der Waals surface area (Å²) in [4.78, 5) is 10.4. The van der Waals surface area contributed by atoms with Crippen molar-refractivity contribution >= 4 is 5.69 Å². The van der Waals surface area contributed by atoms with Crippen LogP contribution < -0.4 is 10.3 Å². The van der Waals surface area contributed by atoms with Crippen molar-refractivity contribution in [2.45, 2.75) is 6.92 Å². The van der Waals surface area contributed by atoms with Crippen LogP contribution in [0.3, 0.4) is 0 Å². The van der Waals surface area contributed by atoms with Crippen molar-refractivity contribution in [3.63, 3.8) is 0 Å². The Balaban J connectivity index is 3.34. The molecule has 1 aromatic rings.